The Morgan fingerprint density at radius 1 is 0.909 bits per heavy atom. The van der Waals surface area contributed by atoms with E-state index in [9.17, 15) is 0 Å². The lowest BCUT2D eigenvalue weighted by Crippen LogP contribution is -1.85. The molecule has 0 aliphatic rings. The standard InChI is InChI=1S/C18H17NO2S/c20-12-7-13-22-18-19-16(14-8-3-1-4-9-14)17(21-18)15-10-5-2-6-11-15/h1-6,8-11,20H,7,12-13H2. The summed E-state index contributed by atoms with van der Waals surface area (Å²) in [5.74, 6) is 1.58. The molecule has 0 saturated heterocycles. The first-order valence-electron chi connectivity index (χ1n) is 7.24. The van der Waals surface area contributed by atoms with Crippen LogP contribution in [0.15, 0.2) is 70.3 Å². The first-order chi connectivity index (χ1) is 10.9. The Labute approximate surface area is 134 Å². The van der Waals surface area contributed by atoms with Crippen LogP contribution >= 0.6 is 11.8 Å². The van der Waals surface area contributed by atoms with Gasteiger partial charge < -0.3 is 9.52 Å². The van der Waals surface area contributed by atoms with Gasteiger partial charge in [-0.2, -0.15) is 0 Å². The number of nitrogens with zero attached hydrogens (tertiary/aromatic N) is 1. The summed E-state index contributed by atoms with van der Waals surface area (Å²) >= 11 is 1.53. The van der Waals surface area contributed by atoms with Gasteiger partial charge in [0.1, 0.15) is 5.69 Å². The summed E-state index contributed by atoms with van der Waals surface area (Å²) in [6.07, 6.45) is 0.731. The van der Waals surface area contributed by atoms with Crippen LogP contribution in [0.25, 0.3) is 22.6 Å². The lowest BCUT2D eigenvalue weighted by Gasteiger charge is -2.00. The lowest BCUT2D eigenvalue weighted by molar-refractivity contribution is 0.296. The summed E-state index contributed by atoms with van der Waals surface area (Å²) in [5.41, 5.74) is 2.92. The molecule has 0 radical (unpaired) electrons. The van der Waals surface area contributed by atoms with Gasteiger partial charge in [-0.3, -0.25) is 0 Å². The van der Waals surface area contributed by atoms with E-state index < -0.39 is 0 Å². The third kappa shape index (κ3) is 3.40. The number of hydrogen-bond donors (Lipinski definition) is 1. The number of aliphatic hydroxyl groups is 1. The topological polar surface area (TPSA) is 46.3 Å². The average molecular weight is 311 g/mol. The van der Waals surface area contributed by atoms with Gasteiger partial charge in [0.15, 0.2) is 5.76 Å². The number of rotatable bonds is 6. The Kier molecular flexibility index (Phi) is 4.93. The minimum absolute atomic E-state index is 0.185. The van der Waals surface area contributed by atoms with E-state index in [0.717, 1.165) is 34.8 Å². The molecule has 4 heteroatoms. The second-order valence-electron chi connectivity index (χ2n) is 4.82. The molecule has 2 aromatic carbocycles. The van der Waals surface area contributed by atoms with Crippen LogP contribution in [0.3, 0.4) is 0 Å². The highest BCUT2D eigenvalue weighted by Gasteiger charge is 2.16. The fourth-order valence-electron chi connectivity index (χ4n) is 2.16. The molecule has 0 atom stereocenters. The van der Waals surface area contributed by atoms with Crippen molar-refractivity contribution < 1.29 is 9.52 Å². The van der Waals surface area contributed by atoms with E-state index in [0.29, 0.717) is 5.22 Å². The maximum atomic E-state index is 8.90. The lowest BCUT2D eigenvalue weighted by atomic mass is 10.1. The molecule has 0 aliphatic carbocycles. The molecule has 0 fully saturated rings. The Bertz CT molecular complexity index is 653. The van der Waals surface area contributed by atoms with Crippen LogP contribution in [0, 0.1) is 0 Å². The number of aromatic nitrogens is 1. The normalized spacial score (nSPS) is 10.8. The van der Waals surface area contributed by atoms with Crippen molar-refractivity contribution in [3.05, 3.63) is 60.7 Å². The third-order valence-corrected chi connectivity index (χ3v) is 4.13. The number of benzene rings is 2. The van der Waals surface area contributed by atoms with Crippen LogP contribution in [0.4, 0.5) is 0 Å². The van der Waals surface area contributed by atoms with E-state index in [1.54, 1.807) is 0 Å². The second kappa shape index (κ2) is 7.29. The smallest absolute Gasteiger partial charge is 0.256 e. The second-order valence-corrected chi connectivity index (χ2v) is 5.86. The van der Waals surface area contributed by atoms with Crippen molar-refractivity contribution in [2.75, 3.05) is 12.4 Å². The number of aliphatic hydroxyl groups excluding tert-OH is 1. The fraction of sp³-hybridized carbons (Fsp3) is 0.167. The van der Waals surface area contributed by atoms with Crippen molar-refractivity contribution >= 4 is 11.8 Å². The number of hydrogen-bond acceptors (Lipinski definition) is 4. The summed E-state index contributed by atoms with van der Waals surface area (Å²) in [6.45, 7) is 0.185. The van der Waals surface area contributed by atoms with Gasteiger partial charge in [0, 0.05) is 23.5 Å². The number of oxazole rings is 1. The molecule has 3 nitrogen and oxygen atoms in total. The average Bonchev–Trinajstić information content (AvgIpc) is 3.01. The van der Waals surface area contributed by atoms with Crippen molar-refractivity contribution in [1.82, 2.24) is 4.98 Å². The van der Waals surface area contributed by atoms with Crippen LogP contribution in [-0.4, -0.2) is 22.5 Å². The van der Waals surface area contributed by atoms with Crippen molar-refractivity contribution in [2.45, 2.75) is 11.6 Å². The molecule has 0 bridgehead atoms. The molecule has 0 unspecified atom stereocenters. The molecule has 1 heterocycles. The molecule has 1 N–H and O–H groups in total. The summed E-state index contributed by atoms with van der Waals surface area (Å²) in [4.78, 5) is 4.64. The van der Waals surface area contributed by atoms with Crippen molar-refractivity contribution in [3.63, 3.8) is 0 Å². The van der Waals surface area contributed by atoms with E-state index in [1.807, 2.05) is 60.7 Å². The van der Waals surface area contributed by atoms with Crippen molar-refractivity contribution in [3.8, 4) is 22.6 Å². The molecular formula is C18H17NO2S. The van der Waals surface area contributed by atoms with Crippen LogP contribution in [0.2, 0.25) is 0 Å². The van der Waals surface area contributed by atoms with Gasteiger partial charge in [-0.1, -0.05) is 72.4 Å². The quantitative estimate of drug-likeness (QED) is 0.538. The molecule has 0 spiro atoms. The first-order valence-corrected chi connectivity index (χ1v) is 8.22. The summed E-state index contributed by atoms with van der Waals surface area (Å²) in [7, 11) is 0. The zero-order valence-electron chi connectivity index (χ0n) is 12.1. The first kappa shape index (κ1) is 14.9. The largest absolute Gasteiger partial charge is 0.431 e. The predicted octanol–water partition coefficient (Wildman–Crippen LogP) is 4.48. The van der Waals surface area contributed by atoms with E-state index in [2.05, 4.69) is 4.98 Å². The van der Waals surface area contributed by atoms with E-state index in [-0.39, 0.29) is 6.61 Å². The Balaban J connectivity index is 1.99. The van der Waals surface area contributed by atoms with Gasteiger partial charge in [0.2, 0.25) is 0 Å². The SMILES string of the molecule is OCCCSc1nc(-c2ccccc2)c(-c2ccccc2)o1. The van der Waals surface area contributed by atoms with Gasteiger partial charge in [-0.15, -0.1) is 0 Å². The molecule has 22 heavy (non-hydrogen) atoms. The van der Waals surface area contributed by atoms with Crippen LogP contribution in [-0.2, 0) is 0 Å². The third-order valence-electron chi connectivity index (χ3n) is 3.22. The maximum Gasteiger partial charge on any atom is 0.256 e. The molecule has 0 aliphatic heterocycles. The molecule has 3 aromatic rings. The Morgan fingerprint density at radius 2 is 1.55 bits per heavy atom. The van der Waals surface area contributed by atoms with Crippen molar-refractivity contribution in [1.29, 1.82) is 0 Å². The van der Waals surface area contributed by atoms with Crippen molar-refractivity contribution in [2.24, 2.45) is 0 Å². The highest BCUT2D eigenvalue weighted by Crippen LogP contribution is 2.35. The van der Waals surface area contributed by atoms with Gasteiger partial charge in [-0.05, 0) is 6.42 Å². The maximum absolute atomic E-state index is 8.90. The summed E-state index contributed by atoms with van der Waals surface area (Å²) < 4.78 is 5.97. The number of thioether (sulfide) groups is 1. The van der Waals surface area contributed by atoms with E-state index in [1.165, 1.54) is 11.8 Å². The molecule has 0 amide bonds. The zero-order chi connectivity index (χ0) is 15.2. The summed E-state index contributed by atoms with van der Waals surface area (Å²) in [6, 6.07) is 20.1. The zero-order valence-corrected chi connectivity index (χ0v) is 12.9. The molecule has 0 saturated carbocycles. The summed E-state index contributed by atoms with van der Waals surface area (Å²) in [5, 5.41) is 9.54. The van der Waals surface area contributed by atoms with Gasteiger partial charge >= 0.3 is 0 Å². The molecular weight excluding hydrogens is 294 g/mol. The molecule has 112 valence electrons. The van der Waals surface area contributed by atoms with Crippen LogP contribution < -0.4 is 0 Å². The monoisotopic (exact) mass is 311 g/mol. The Hall–Kier alpha value is -2.04. The molecule has 1 aromatic heterocycles. The van der Waals surface area contributed by atoms with Gasteiger partial charge in [0.05, 0.1) is 0 Å². The molecule has 3 rings (SSSR count). The van der Waals surface area contributed by atoms with Gasteiger partial charge in [0.25, 0.3) is 5.22 Å². The van der Waals surface area contributed by atoms with Crippen LogP contribution in [0.5, 0.6) is 0 Å². The van der Waals surface area contributed by atoms with E-state index in [4.69, 9.17) is 9.52 Å². The predicted molar refractivity (Wildman–Crippen MR) is 89.8 cm³/mol. The van der Waals surface area contributed by atoms with Gasteiger partial charge in [-0.25, -0.2) is 4.98 Å². The minimum Gasteiger partial charge on any atom is -0.431 e. The minimum atomic E-state index is 0.185. The highest BCUT2D eigenvalue weighted by atomic mass is 32.2. The fourth-order valence-corrected chi connectivity index (χ4v) is 2.91. The van der Waals surface area contributed by atoms with Crippen LogP contribution in [0.1, 0.15) is 6.42 Å². The Morgan fingerprint density at radius 3 is 2.18 bits per heavy atom. The van der Waals surface area contributed by atoms with E-state index >= 15 is 0 Å². The highest BCUT2D eigenvalue weighted by molar-refractivity contribution is 7.99.